The van der Waals surface area contributed by atoms with Crippen LogP contribution in [0.5, 0.6) is 0 Å². The Bertz CT molecular complexity index is 398. The van der Waals surface area contributed by atoms with Gasteiger partial charge in [-0.15, -0.1) is 0 Å². The quantitative estimate of drug-likeness (QED) is 0.597. The van der Waals surface area contributed by atoms with Crippen LogP contribution >= 0.6 is 0 Å². The zero-order valence-electron chi connectivity index (χ0n) is 15.0. The van der Waals surface area contributed by atoms with Gasteiger partial charge in [0.2, 0.25) is 5.79 Å². The molecule has 0 N–H and O–H groups in total. The van der Waals surface area contributed by atoms with Crippen LogP contribution < -0.4 is 0 Å². The van der Waals surface area contributed by atoms with Crippen LogP contribution in [0.4, 0.5) is 0 Å². The average molecular weight is 360 g/mol. The number of ether oxygens (including phenoxy) is 6. The number of carbonyl (C=O) groups excluding carboxylic acids is 2. The number of carbonyl (C=O) groups is 2. The van der Waals surface area contributed by atoms with E-state index in [1.54, 1.807) is 0 Å². The minimum absolute atomic E-state index is 0.111. The van der Waals surface area contributed by atoms with Gasteiger partial charge in [0.25, 0.3) is 0 Å². The van der Waals surface area contributed by atoms with E-state index in [0.29, 0.717) is 26.1 Å². The van der Waals surface area contributed by atoms with E-state index in [-0.39, 0.29) is 38.4 Å². The fourth-order valence-electron chi connectivity index (χ4n) is 2.66. The molecule has 2 saturated heterocycles. The molecule has 144 valence electrons. The maximum absolute atomic E-state index is 11.5. The van der Waals surface area contributed by atoms with Gasteiger partial charge in [-0.3, -0.25) is 9.59 Å². The van der Waals surface area contributed by atoms with E-state index in [9.17, 15) is 9.59 Å². The van der Waals surface area contributed by atoms with E-state index in [4.69, 9.17) is 28.4 Å². The molecule has 0 aliphatic carbocycles. The van der Waals surface area contributed by atoms with Gasteiger partial charge in [-0.2, -0.15) is 0 Å². The largest absolute Gasteiger partial charge is 0.463 e. The topological polar surface area (TPSA) is 89.5 Å². The highest BCUT2D eigenvalue weighted by atomic mass is 16.8. The number of rotatable bonds is 8. The van der Waals surface area contributed by atoms with E-state index in [1.165, 1.54) is 0 Å². The predicted molar refractivity (Wildman–Crippen MR) is 85.8 cm³/mol. The first-order valence-corrected chi connectivity index (χ1v) is 8.89. The van der Waals surface area contributed by atoms with Crippen LogP contribution in [0.15, 0.2) is 0 Å². The summed E-state index contributed by atoms with van der Waals surface area (Å²) < 4.78 is 33.3. The van der Waals surface area contributed by atoms with Crippen molar-refractivity contribution in [2.75, 3.05) is 39.6 Å². The fraction of sp³-hybridized carbons (Fsp3) is 0.882. The van der Waals surface area contributed by atoms with Crippen molar-refractivity contribution in [2.24, 2.45) is 0 Å². The standard InChI is InChI=1S/C17H28O8/c1-3-5-15(18)22-9-13-7-20-11-17(24-13)12-21-8-14(25-17)10-23-16(19)6-4-2/h13-14H,3-12H2,1-2H3/t13-,14-,17?/m0/s1. The fourth-order valence-corrected chi connectivity index (χ4v) is 2.66. The van der Waals surface area contributed by atoms with Crippen molar-refractivity contribution in [2.45, 2.75) is 57.5 Å². The Morgan fingerprint density at radius 2 is 1.32 bits per heavy atom. The summed E-state index contributed by atoms with van der Waals surface area (Å²) in [6.45, 7) is 5.12. The number of esters is 2. The normalized spacial score (nSPS) is 25.5. The zero-order valence-corrected chi connectivity index (χ0v) is 15.0. The van der Waals surface area contributed by atoms with Crippen LogP contribution in [-0.2, 0) is 38.0 Å². The Kier molecular flexibility index (Phi) is 8.08. The highest BCUT2D eigenvalue weighted by molar-refractivity contribution is 5.69. The third kappa shape index (κ3) is 6.54. The average Bonchev–Trinajstić information content (AvgIpc) is 2.59. The smallest absolute Gasteiger partial charge is 0.305 e. The van der Waals surface area contributed by atoms with Crippen molar-refractivity contribution in [3.05, 3.63) is 0 Å². The van der Waals surface area contributed by atoms with E-state index in [1.807, 2.05) is 13.8 Å². The van der Waals surface area contributed by atoms with Crippen LogP contribution in [0.3, 0.4) is 0 Å². The van der Waals surface area contributed by atoms with Crippen LogP contribution in [-0.4, -0.2) is 69.6 Å². The molecule has 0 aromatic heterocycles. The monoisotopic (exact) mass is 360 g/mol. The summed E-state index contributed by atoms with van der Waals surface area (Å²) in [5.41, 5.74) is 0. The summed E-state index contributed by atoms with van der Waals surface area (Å²) in [5, 5.41) is 0. The summed E-state index contributed by atoms with van der Waals surface area (Å²) in [6, 6.07) is 0. The lowest BCUT2D eigenvalue weighted by Crippen LogP contribution is -2.59. The van der Waals surface area contributed by atoms with Crippen LogP contribution in [0.25, 0.3) is 0 Å². The van der Waals surface area contributed by atoms with Crippen molar-refractivity contribution < 1.29 is 38.0 Å². The second-order valence-electron chi connectivity index (χ2n) is 6.29. The van der Waals surface area contributed by atoms with Crippen LogP contribution in [0.1, 0.15) is 39.5 Å². The molecule has 2 atom stereocenters. The third-order valence-electron chi connectivity index (χ3n) is 3.78. The van der Waals surface area contributed by atoms with Crippen molar-refractivity contribution in [3.63, 3.8) is 0 Å². The molecular formula is C17H28O8. The molecule has 0 aromatic rings. The molecular weight excluding hydrogens is 332 g/mol. The molecule has 0 aromatic carbocycles. The molecule has 2 rings (SSSR count). The summed E-state index contributed by atoms with van der Waals surface area (Å²) in [6.07, 6.45) is 1.40. The Morgan fingerprint density at radius 3 is 1.72 bits per heavy atom. The van der Waals surface area contributed by atoms with Gasteiger partial charge in [-0.25, -0.2) is 0 Å². The first kappa shape index (κ1) is 20.1. The second-order valence-corrected chi connectivity index (χ2v) is 6.29. The molecule has 2 heterocycles. The molecule has 8 heteroatoms. The summed E-state index contributed by atoms with van der Waals surface area (Å²) in [5.74, 6) is -1.57. The SMILES string of the molecule is CCCC(=O)OC[C@@H]1COCC2(COC[C@@H](COC(=O)CCC)O2)O1. The Labute approximate surface area is 148 Å². The Hall–Kier alpha value is -1.22. The number of hydrogen-bond donors (Lipinski definition) is 0. The van der Waals surface area contributed by atoms with E-state index < -0.39 is 18.0 Å². The molecule has 0 radical (unpaired) electrons. The van der Waals surface area contributed by atoms with E-state index in [2.05, 4.69) is 0 Å². The van der Waals surface area contributed by atoms with Gasteiger partial charge in [0, 0.05) is 12.8 Å². The predicted octanol–water partition coefficient (Wildman–Crippen LogP) is 1.20. The van der Waals surface area contributed by atoms with Gasteiger partial charge < -0.3 is 28.4 Å². The summed E-state index contributed by atoms with van der Waals surface area (Å²) in [7, 11) is 0. The van der Waals surface area contributed by atoms with Crippen molar-refractivity contribution in [3.8, 4) is 0 Å². The van der Waals surface area contributed by atoms with E-state index in [0.717, 1.165) is 12.8 Å². The van der Waals surface area contributed by atoms with Gasteiger partial charge in [0.15, 0.2) is 0 Å². The molecule has 8 nitrogen and oxygen atoms in total. The molecule has 25 heavy (non-hydrogen) atoms. The lowest BCUT2D eigenvalue weighted by atomic mass is 10.2. The minimum Gasteiger partial charge on any atom is -0.463 e. The number of hydrogen-bond acceptors (Lipinski definition) is 8. The zero-order chi connectivity index (χ0) is 18.1. The lowest BCUT2D eigenvalue weighted by Gasteiger charge is -2.44. The molecule has 2 fully saturated rings. The molecule has 0 saturated carbocycles. The maximum atomic E-state index is 11.5. The first-order chi connectivity index (χ1) is 12.1. The molecule has 0 amide bonds. The van der Waals surface area contributed by atoms with Gasteiger partial charge in [0.05, 0.1) is 13.2 Å². The van der Waals surface area contributed by atoms with Gasteiger partial charge in [-0.05, 0) is 12.8 Å². The first-order valence-electron chi connectivity index (χ1n) is 8.89. The minimum atomic E-state index is -1.06. The van der Waals surface area contributed by atoms with Gasteiger partial charge >= 0.3 is 11.9 Å². The molecule has 2 aliphatic rings. The Balaban J connectivity index is 1.80. The van der Waals surface area contributed by atoms with Crippen LogP contribution in [0.2, 0.25) is 0 Å². The van der Waals surface area contributed by atoms with Crippen molar-refractivity contribution in [1.82, 2.24) is 0 Å². The molecule has 0 bridgehead atoms. The highest BCUT2D eigenvalue weighted by Crippen LogP contribution is 2.27. The second kappa shape index (κ2) is 10.1. The molecule has 1 spiro atoms. The van der Waals surface area contributed by atoms with Gasteiger partial charge in [0.1, 0.15) is 38.6 Å². The highest BCUT2D eigenvalue weighted by Gasteiger charge is 2.45. The summed E-state index contributed by atoms with van der Waals surface area (Å²) >= 11 is 0. The molecule has 0 unspecified atom stereocenters. The lowest BCUT2D eigenvalue weighted by molar-refractivity contribution is -0.374. The van der Waals surface area contributed by atoms with Crippen molar-refractivity contribution in [1.29, 1.82) is 0 Å². The van der Waals surface area contributed by atoms with E-state index >= 15 is 0 Å². The maximum Gasteiger partial charge on any atom is 0.305 e. The van der Waals surface area contributed by atoms with Crippen LogP contribution in [0, 0.1) is 0 Å². The Morgan fingerprint density at radius 1 is 0.880 bits per heavy atom. The van der Waals surface area contributed by atoms with Crippen molar-refractivity contribution >= 4 is 11.9 Å². The summed E-state index contributed by atoms with van der Waals surface area (Å²) in [4.78, 5) is 23.0. The van der Waals surface area contributed by atoms with Gasteiger partial charge in [-0.1, -0.05) is 13.8 Å². The third-order valence-corrected chi connectivity index (χ3v) is 3.78. The molecule has 2 aliphatic heterocycles.